The standard InChI is InChI=1S/C27H54N3O6P.C19H39N2O5P.C19H39N2O4P.C11H24NO3P.C11H24NO2P/c1-22(2)13-19(14-23(3,4)28(22)31)34-37(35-20-15-24(5,6)29(32)25(7,8)16-20)36-21-17-26(9,10)30(33)27(11,12)18-21;1-16(2)10-14(11-17(3,4)20(16)22)25-27(9,24)26-15-12-18(5,6)21(23)19(7,8)13-15;1-16(2)10-14(11-17(3,4)20(16)22)24-26(9)25-15-12-18(5,6)21(23)19(7,8)13-15;1-10(2)7-9(15-16(5,6)14)8-11(3,4)12(10)13;1-10(2)7-9(14-15(5)6)8-11(3,4)12(10)13/h19-21,31-33H,13-18H2,1-12H3;14-15,22-23H,10-13H2,1-9H3;14-15,22-23H,10-13H2,1-9H3;9,13H,7-8H2,1-6H3;9,13H,7-8H2,1-6H3. The normalized spacial score (nSPS) is 29.5. The third-order valence-corrected chi connectivity index (χ3v) is 31.6. The quantitative estimate of drug-likeness (QED) is 0.0576. The molecule has 9 fully saturated rings. The first-order chi connectivity index (χ1) is 53.5. The number of hydrogen-bond donors (Lipinski definition) is 9. The Morgan fingerprint density at radius 2 is 0.339 bits per heavy atom. The molecule has 9 aliphatic heterocycles. The van der Waals surface area contributed by atoms with Crippen molar-refractivity contribution in [1.82, 2.24) is 45.6 Å². The fourth-order valence-corrected chi connectivity index (χ4v) is 27.9. The van der Waals surface area contributed by atoms with Gasteiger partial charge in [-0.25, -0.2) is 0 Å². The van der Waals surface area contributed by atoms with Gasteiger partial charge in [0, 0.05) is 135 Å². The van der Waals surface area contributed by atoms with Gasteiger partial charge in [0.1, 0.15) is 0 Å². The van der Waals surface area contributed by atoms with E-state index in [9.17, 15) is 56.0 Å². The van der Waals surface area contributed by atoms with Crippen LogP contribution in [0.3, 0.4) is 0 Å². The molecule has 9 saturated heterocycles. The highest BCUT2D eigenvalue weighted by molar-refractivity contribution is 7.57. The second-order valence-electron chi connectivity index (χ2n) is 49.2. The molecule has 9 rings (SSSR count). The van der Waals surface area contributed by atoms with E-state index in [1.54, 1.807) is 13.3 Å². The lowest BCUT2D eigenvalue weighted by Gasteiger charge is -2.53. The van der Waals surface area contributed by atoms with Crippen LogP contribution in [0.15, 0.2) is 0 Å². The maximum absolute atomic E-state index is 13.2. The van der Waals surface area contributed by atoms with Crippen molar-refractivity contribution in [1.29, 1.82) is 0 Å². The van der Waals surface area contributed by atoms with Gasteiger partial charge < -0.3 is 87.6 Å². The molecule has 0 aromatic heterocycles. The lowest BCUT2D eigenvalue weighted by molar-refractivity contribution is -0.262. The first-order valence-electron chi connectivity index (χ1n) is 44.4. The SMILES string of the molecule is CC1(C)CC(OP(C)(=O)OC2CC(C)(C)N(O)C(C)(C)C2)CC(C)(C)N1O.CC1(C)CC(OP(C)(C)=O)CC(C)(C)N1O.CC1(C)CC(OP(OC2CC(C)(C)N(O)C(C)(C)C2)OC2CC(C)(C)N(O)C(C)(C)C2)CC(C)(C)N1O.CP(C)OC1CC(C)(C)N(O)C(C)(C)C1.CP(OC1CC(C)(C)N(O)C(C)(C)C1)OC1CC(C)(C)N(O)C(C)(C)C1. The Morgan fingerprint density at radius 1 is 0.215 bits per heavy atom. The zero-order chi connectivity index (χ0) is 94.2. The molecule has 0 saturated carbocycles. The Balaban J connectivity index is 0.000000279. The fraction of sp³-hybridized carbons (Fsp3) is 1.00. The van der Waals surface area contributed by atoms with Gasteiger partial charge in [0.2, 0.25) is 0 Å². The lowest BCUT2D eigenvalue weighted by atomic mass is 9.80. The van der Waals surface area contributed by atoms with Gasteiger partial charge in [-0.05, 0) is 378 Å². The van der Waals surface area contributed by atoms with E-state index in [4.69, 9.17) is 40.7 Å². The molecular formula is C87H180N9O20P5. The number of nitrogens with zero attached hydrogens (tertiary/aromatic N) is 9. The molecule has 718 valence electrons. The Kier molecular flexibility index (Phi) is 36.1. The third kappa shape index (κ3) is 30.1. The van der Waals surface area contributed by atoms with Crippen LogP contribution >= 0.6 is 40.1 Å². The van der Waals surface area contributed by atoms with Crippen LogP contribution in [0.2, 0.25) is 0 Å². The van der Waals surface area contributed by atoms with Crippen molar-refractivity contribution in [3.63, 3.8) is 0 Å². The van der Waals surface area contributed by atoms with Crippen molar-refractivity contribution in [3.05, 3.63) is 0 Å². The highest BCUT2D eigenvalue weighted by atomic mass is 31.2. The van der Waals surface area contributed by atoms with Crippen LogP contribution < -0.4 is 0 Å². The summed E-state index contributed by atoms with van der Waals surface area (Å²) in [6.45, 7) is 83.5. The summed E-state index contributed by atoms with van der Waals surface area (Å²) in [7, 11) is -8.82. The Morgan fingerprint density at radius 3 is 0.479 bits per heavy atom. The van der Waals surface area contributed by atoms with Crippen molar-refractivity contribution in [2.45, 2.75) is 519 Å². The fourth-order valence-electron chi connectivity index (χ4n) is 22.4. The summed E-state index contributed by atoms with van der Waals surface area (Å²) in [5.41, 5.74) is -6.99. The van der Waals surface area contributed by atoms with E-state index in [0.717, 1.165) is 38.5 Å². The maximum Gasteiger partial charge on any atom is 0.333 e. The van der Waals surface area contributed by atoms with Gasteiger partial charge in [0.25, 0.3) is 0 Å². The topological polar surface area (TPSA) is 328 Å². The Bertz CT molecular complexity index is 3090. The smallest absolute Gasteiger partial charge is 0.333 e. The van der Waals surface area contributed by atoms with Gasteiger partial charge in [-0.2, -0.15) is 45.6 Å². The third-order valence-electron chi connectivity index (χ3n) is 26.2. The molecule has 9 heterocycles. The van der Waals surface area contributed by atoms with Crippen LogP contribution in [-0.2, 0) is 49.8 Å². The van der Waals surface area contributed by atoms with Crippen LogP contribution in [0.25, 0.3) is 0 Å². The van der Waals surface area contributed by atoms with Crippen molar-refractivity contribution in [2.75, 3.05) is 40.0 Å². The minimum atomic E-state index is -3.29. The molecular weight excluding hydrogens is 1650 g/mol. The molecule has 121 heavy (non-hydrogen) atoms. The highest BCUT2D eigenvalue weighted by Gasteiger charge is 2.56. The summed E-state index contributed by atoms with van der Waals surface area (Å²) in [5, 5.41) is 107. The first-order valence-corrected chi connectivity index (χ1v) is 53.7. The van der Waals surface area contributed by atoms with Crippen molar-refractivity contribution in [3.8, 4) is 0 Å². The minimum absolute atomic E-state index is 0.0470. The average Bonchev–Trinajstić information content (AvgIpc) is 0.760. The summed E-state index contributed by atoms with van der Waals surface area (Å²) >= 11 is 0. The maximum atomic E-state index is 13.2. The molecule has 0 aromatic carbocycles. The van der Waals surface area contributed by atoms with Crippen LogP contribution in [0, 0.1) is 0 Å². The molecule has 0 aromatic rings. The predicted octanol–water partition coefficient (Wildman–Crippen LogP) is 22.0. The average molecular weight is 1830 g/mol. The van der Waals surface area contributed by atoms with Crippen LogP contribution in [0.5, 0.6) is 0 Å². The molecule has 0 spiro atoms. The molecule has 34 heteroatoms. The first kappa shape index (κ1) is 112. The van der Waals surface area contributed by atoms with Gasteiger partial charge in [-0.3, -0.25) is 9.13 Å². The van der Waals surface area contributed by atoms with E-state index >= 15 is 0 Å². The number of rotatable bonds is 18. The second-order valence-corrected chi connectivity index (χ2v) is 58.0. The van der Waals surface area contributed by atoms with Crippen molar-refractivity contribution in [2.24, 2.45) is 0 Å². The van der Waals surface area contributed by atoms with E-state index < -0.39 is 87.3 Å². The van der Waals surface area contributed by atoms with Crippen LogP contribution in [-0.4, -0.2) is 287 Å². The molecule has 0 aliphatic carbocycles. The van der Waals surface area contributed by atoms with E-state index in [-0.39, 0.29) is 107 Å². The zero-order valence-electron chi connectivity index (χ0n) is 83.7. The van der Waals surface area contributed by atoms with Gasteiger partial charge >= 0.3 is 16.2 Å². The highest BCUT2D eigenvalue weighted by Crippen LogP contribution is 2.58. The number of hydrogen-bond acceptors (Lipinski definition) is 29. The van der Waals surface area contributed by atoms with E-state index in [0.29, 0.717) is 77.0 Å². The Hall–Kier alpha value is 0.670. The van der Waals surface area contributed by atoms with Crippen molar-refractivity contribution >= 4 is 40.1 Å². The monoisotopic (exact) mass is 1830 g/mol. The summed E-state index contributed by atoms with van der Waals surface area (Å²) in [5.74, 6) is 0. The molecule has 0 unspecified atom stereocenters. The van der Waals surface area contributed by atoms with E-state index in [1.807, 2.05) is 228 Å². The Labute approximate surface area is 738 Å². The molecule has 29 nitrogen and oxygen atoms in total. The summed E-state index contributed by atoms with van der Waals surface area (Å²) < 4.78 is 81.0. The summed E-state index contributed by atoms with van der Waals surface area (Å²) in [6, 6.07) is 0. The predicted molar refractivity (Wildman–Crippen MR) is 485 cm³/mol. The van der Waals surface area contributed by atoms with E-state index in [2.05, 4.69) is 41.0 Å². The molecule has 0 radical (unpaired) electrons. The van der Waals surface area contributed by atoms with Gasteiger partial charge in [0.15, 0.2) is 15.7 Å². The van der Waals surface area contributed by atoms with E-state index in [1.165, 1.54) is 52.2 Å². The molecule has 9 N–H and O–H groups in total. The summed E-state index contributed by atoms with van der Waals surface area (Å²) in [6.07, 6.45) is 11.9. The number of piperidine rings is 9. The van der Waals surface area contributed by atoms with Gasteiger partial charge in [0.05, 0.1) is 54.9 Å². The van der Waals surface area contributed by atoms with Gasteiger partial charge in [-0.1, -0.05) is 0 Å². The number of hydroxylamine groups is 18. The van der Waals surface area contributed by atoms with Crippen LogP contribution in [0.1, 0.15) is 365 Å². The summed E-state index contributed by atoms with van der Waals surface area (Å²) in [4.78, 5) is 0. The largest absolute Gasteiger partial charge is 0.356 e. The van der Waals surface area contributed by atoms with Crippen LogP contribution in [0.4, 0.5) is 0 Å². The van der Waals surface area contributed by atoms with Crippen molar-refractivity contribution < 1.29 is 96.7 Å². The minimum Gasteiger partial charge on any atom is -0.356 e. The second kappa shape index (κ2) is 38.9. The zero-order valence-corrected chi connectivity index (χ0v) is 88.2. The molecule has 0 amide bonds. The molecule has 0 atom stereocenters. The lowest BCUT2D eigenvalue weighted by Crippen LogP contribution is -2.61. The van der Waals surface area contributed by atoms with Gasteiger partial charge in [-0.15, -0.1) is 0 Å². The molecule has 9 aliphatic rings. The molecule has 0 bridgehead atoms.